The van der Waals surface area contributed by atoms with Crippen molar-refractivity contribution in [2.75, 3.05) is 13.1 Å². The molecule has 82 valence electrons. The summed E-state index contributed by atoms with van der Waals surface area (Å²) in [7, 11) is 0. The first-order valence-electron chi connectivity index (χ1n) is 5.63. The van der Waals surface area contributed by atoms with Crippen LogP contribution in [-0.2, 0) is 5.41 Å². The fraction of sp³-hybridized carbons (Fsp3) is 0.538. The molecule has 1 fully saturated rings. The predicted octanol–water partition coefficient (Wildman–Crippen LogP) is 3.34. The number of halogens is 1. The molecular formula is C13H18BrN. The van der Waals surface area contributed by atoms with Crippen molar-refractivity contribution in [3.05, 3.63) is 34.3 Å². The fourth-order valence-corrected chi connectivity index (χ4v) is 2.67. The topological polar surface area (TPSA) is 12.0 Å². The van der Waals surface area contributed by atoms with Gasteiger partial charge in [-0.15, -0.1) is 0 Å². The van der Waals surface area contributed by atoms with Crippen LogP contribution in [0.25, 0.3) is 0 Å². The Morgan fingerprint density at radius 1 is 1.53 bits per heavy atom. The Morgan fingerprint density at radius 3 is 3.00 bits per heavy atom. The molecule has 0 bridgehead atoms. The van der Waals surface area contributed by atoms with Gasteiger partial charge in [0.05, 0.1) is 0 Å². The van der Waals surface area contributed by atoms with E-state index >= 15 is 0 Å². The maximum Gasteiger partial charge on any atom is 0.0178 e. The Balaban J connectivity index is 2.06. The van der Waals surface area contributed by atoms with Crippen LogP contribution in [0.1, 0.15) is 25.8 Å². The molecule has 0 aromatic heterocycles. The third-order valence-corrected chi connectivity index (χ3v) is 4.03. The zero-order valence-electron chi connectivity index (χ0n) is 9.39. The van der Waals surface area contributed by atoms with Crippen molar-refractivity contribution in [1.29, 1.82) is 0 Å². The van der Waals surface area contributed by atoms with Gasteiger partial charge in [0, 0.05) is 4.47 Å². The van der Waals surface area contributed by atoms with Crippen LogP contribution >= 0.6 is 15.9 Å². The number of hydrogen-bond donors (Lipinski definition) is 1. The van der Waals surface area contributed by atoms with Crippen LogP contribution < -0.4 is 5.32 Å². The summed E-state index contributed by atoms with van der Waals surface area (Å²) in [6.07, 6.45) is 1.32. The summed E-state index contributed by atoms with van der Waals surface area (Å²) in [6, 6.07) is 8.73. The minimum Gasteiger partial charge on any atom is -0.317 e. The first-order valence-corrected chi connectivity index (χ1v) is 6.43. The summed E-state index contributed by atoms with van der Waals surface area (Å²) in [5.74, 6) is 0.812. The van der Waals surface area contributed by atoms with Crippen LogP contribution in [0.5, 0.6) is 0 Å². The average Bonchev–Trinajstić information content (AvgIpc) is 2.88. The van der Waals surface area contributed by atoms with Crippen molar-refractivity contribution in [3.8, 4) is 0 Å². The predicted molar refractivity (Wildman–Crippen MR) is 68.1 cm³/mol. The van der Waals surface area contributed by atoms with Gasteiger partial charge in [-0.2, -0.15) is 0 Å². The smallest absolute Gasteiger partial charge is 0.0178 e. The third kappa shape index (κ3) is 2.26. The molecule has 0 aliphatic heterocycles. The molecule has 2 rings (SSSR count). The molecule has 0 amide bonds. The third-order valence-electron chi connectivity index (χ3n) is 3.54. The fourth-order valence-electron chi connectivity index (χ4n) is 2.27. The van der Waals surface area contributed by atoms with E-state index in [1.807, 2.05) is 0 Å². The van der Waals surface area contributed by atoms with E-state index in [0.29, 0.717) is 5.41 Å². The summed E-state index contributed by atoms with van der Waals surface area (Å²) in [4.78, 5) is 0. The van der Waals surface area contributed by atoms with Crippen LogP contribution in [0.15, 0.2) is 28.7 Å². The van der Waals surface area contributed by atoms with Gasteiger partial charge in [-0.25, -0.2) is 0 Å². The summed E-state index contributed by atoms with van der Waals surface area (Å²) in [6.45, 7) is 6.76. The van der Waals surface area contributed by atoms with E-state index in [1.54, 1.807) is 0 Å². The van der Waals surface area contributed by atoms with Crippen molar-refractivity contribution in [3.63, 3.8) is 0 Å². The Labute approximate surface area is 100 Å². The lowest BCUT2D eigenvalue weighted by molar-refractivity contribution is 0.591. The van der Waals surface area contributed by atoms with Gasteiger partial charge in [0.1, 0.15) is 0 Å². The molecule has 15 heavy (non-hydrogen) atoms. The minimum atomic E-state index is 0.409. The van der Waals surface area contributed by atoms with E-state index in [9.17, 15) is 0 Å². The van der Waals surface area contributed by atoms with Gasteiger partial charge in [-0.1, -0.05) is 41.9 Å². The number of nitrogens with one attached hydrogen (secondary N) is 1. The number of rotatable bonds is 4. The van der Waals surface area contributed by atoms with Crippen molar-refractivity contribution >= 4 is 15.9 Å². The first kappa shape index (κ1) is 11.2. The number of hydrogen-bond acceptors (Lipinski definition) is 1. The van der Waals surface area contributed by atoms with Gasteiger partial charge < -0.3 is 5.32 Å². The largest absolute Gasteiger partial charge is 0.317 e. The van der Waals surface area contributed by atoms with Crippen LogP contribution in [0.3, 0.4) is 0 Å². The quantitative estimate of drug-likeness (QED) is 0.883. The Morgan fingerprint density at radius 2 is 2.33 bits per heavy atom. The highest BCUT2D eigenvalue weighted by atomic mass is 79.9. The van der Waals surface area contributed by atoms with Crippen LogP contribution in [0.2, 0.25) is 0 Å². The Bertz CT molecular complexity index is 350. The van der Waals surface area contributed by atoms with Gasteiger partial charge in [0.15, 0.2) is 0 Å². The highest BCUT2D eigenvalue weighted by Gasteiger charge is 2.50. The second kappa shape index (κ2) is 4.26. The minimum absolute atomic E-state index is 0.409. The zero-order valence-corrected chi connectivity index (χ0v) is 11.0. The lowest BCUT2D eigenvalue weighted by Crippen LogP contribution is -2.19. The molecule has 1 aromatic rings. The van der Waals surface area contributed by atoms with E-state index in [1.165, 1.54) is 16.5 Å². The monoisotopic (exact) mass is 267 g/mol. The number of benzene rings is 1. The standard InChI is InChI=1S/C13H18BrN/c1-3-15-9-11-8-13(11,2)10-5-4-6-12(14)7-10/h4-7,11,15H,3,8-9H2,1-2H3. The molecule has 1 aliphatic carbocycles. The summed E-state index contributed by atoms with van der Waals surface area (Å²) < 4.78 is 1.19. The van der Waals surface area contributed by atoms with Crippen LogP contribution in [0, 0.1) is 5.92 Å². The molecule has 1 nitrogen and oxygen atoms in total. The van der Waals surface area contributed by atoms with E-state index < -0.39 is 0 Å². The van der Waals surface area contributed by atoms with E-state index in [-0.39, 0.29) is 0 Å². The van der Waals surface area contributed by atoms with E-state index in [0.717, 1.165) is 19.0 Å². The van der Waals surface area contributed by atoms with E-state index in [2.05, 4.69) is 59.4 Å². The van der Waals surface area contributed by atoms with Crippen molar-refractivity contribution in [2.45, 2.75) is 25.7 Å². The molecule has 2 atom stereocenters. The van der Waals surface area contributed by atoms with Crippen molar-refractivity contribution < 1.29 is 0 Å². The second-order valence-corrected chi connectivity index (χ2v) is 5.55. The van der Waals surface area contributed by atoms with Crippen LogP contribution in [0.4, 0.5) is 0 Å². The normalized spacial score (nSPS) is 29.1. The highest BCUT2D eigenvalue weighted by molar-refractivity contribution is 9.10. The molecule has 0 spiro atoms. The summed E-state index contributed by atoms with van der Waals surface area (Å²) in [5.41, 5.74) is 1.88. The SMILES string of the molecule is CCNCC1CC1(C)c1cccc(Br)c1. The molecule has 2 heteroatoms. The lowest BCUT2D eigenvalue weighted by Gasteiger charge is -2.12. The molecule has 2 unspecified atom stereocenters. The highest BCUT2D eigenvalue weighted by Crippen LogP contribution is 2.53. The molecule has 1 aromatic carbocycles. The average molecular weight is 268 g/mol. The van der Waals surface area contributed by atoms with Gasteiger partial charge in [0.25, 0.3) is 0 Å². The molecule has 0 radical (unpaired) electrons. The molecule has 0 saturated heterocycles. The zero-order chi connectivity index (χ0) is 10.9. The molecule has 1 aliphatic rings. The maximum absolute atomic E-state index is 3.54. The molecule has 1 N–H and O–H groups in total. The Kier molecular flexibility index (Phi) is 3.17. The lowest BCUT2D eigenvalue weighted by atomic mass is 9.95. The Hall–Kier alpha value is -0.340. The van der Waals surface area contributed by atoms with Gasteiger partial charge >= 0.3 is 0 Å². The maximum atomic E-state index is 3.54. The molecular weight excluding hydrogens is 250 g/mol. The molecule has 0 heterocycles. The summed E-state index contributed by atoms with van der Waals surface area (Å²) >= 11 is 3.54. The van der Waals surface area contributed by atoms with Crippen molar-refractivity contribution in [2.24, 2.45) is 5.92 Å². The first-order chi connectivity index (χ1) is 7.16. The van der Waals surface area contributed by atoms with Crippen molar-refractivity contribution in [1.82, 2.24) is 5.32 Å². The molecule has 1 saturated carbocycles. The van der Waals surface area contributed by atoms with Gasteiger partial charge in [-0.3, -0.25) is 0 Å². The summed E-state index contributed by atoms with van der Waals surface area (Å²) in [5, 5.41) is 3.44. The van der Waals surface area contributed by atoms with Gasteiger partial charge in [0.2, 0.25) is 0 Å². The van der Waals surface area contributed by atoms with E-state index in [4.69, 9.17) is 0 Å². The van der Waals surface area contributed by atoms with Gasteiger partial charge in [-0.05, 0) is 48.5 Å². The second-order valence-electron chi connectivity index (χ2n) is 4.64. The van der Waals surface area contributed by atoms with Crippen LogP contribution in [-0.4, -0.2) is 13.1 Å².